The van der Waals surface area contributed by atoms with E-state index in [0.29, 0.717) is 31.9 Å². The van der Waals surface area contributed by atoms with Crippen LogP contribution in [0.1, 0.15) is 32.1 Å². The van der Waals surface area contributed by atoms with Crippen LogP contribution in [0.15, 0.2) is 30.3 Å². The molecule has 152 valence electrons. The van der Waals surface area contributed by atoms with E-state index >= 15 is 0 Å². The summed E-state index contributed by atoms with van der Waals surface area (Å²) in [6, 6.07) is 9.32. The summed E-state index contributed by atoms with van der Waals surface area (Å²) < 4.78 is 29.0. The molecule has 2 fully saturated rings. The molecule has 2 heterocycles. The van der Waals surface area contributed by atoms with E-state index < -0.39 is 15.9 Å². The number of carboxylic acid groups (broad SMARTS) is 1. The van der Waals surface area contributed by atoms with Crippen LogP contribution in [-0.4, -0.2) is 58.5 Å². The lowest BCUT2D eigenvalue weighted by molar-refractivity contribution is 0.0980. The van der Waals surface area contributed by atoms with Crippen LogP contribution in [0, 0.1) is 0 Å². The number of ether oxygens (including phenoxy) is 1. The Kier molecular flexibility index (Phi) is 6.63. The van der Waals surface area contributed by atoms with Gasteiger partial charge in [-0.2, -0.15) is 0 Å². The summed E-state index contributed by atoms with van der Waals surface area (Å²) in [5.41, 5.74) is 0.850. The van der Waals surface area contributed by atoms with E-state index in [1.165, 1.54) is 0 Å². The highest BCUT2D eigenvalue weighted by Gasteiger charge is 2.37. The van der Waals surface area contributed by atoms with Crippen molar-refractivity contribution in [2.45, 2.75) is 42.6 Å². The predicted molar refractivity (Wildman–Crippen MR) is 104 cm³/mol. The van der Waals surface area contributed by atoms with E-state index in [2.05, 4.69) is 20.5 Å². The second-order valence-corrected chi connectivity index (χ2v) is 9.28. The van der Waals surface area contributed by atoms with E-state index in [9.17, 15) is 13.2 Å². The minimum atomic E-state index is -2.81. The standard InChI is InChI=1S/C9H8N4O2.C9H16O3S/c14-9(15)11-8-10-7(12-13-8)6-4-2-1-3-5-6;10-13(11,8-2-1-3-8)9-4-6-12-7-5-9/h1-5H,(H,14,15)(H2,10,11,12,13);8-9H,1-7H2. The van der Waals surface area contributed by atoms with Crippen molar-refractivity contribution in [2.75, 3.05) is 18.5 Å². The first-order valence-electron chi connectivity index (χ1n) is 9.25. The number of benzene rings is 1. The lowest BCUT2D eigenvalue weighted by Gasteiger charge is -2.31. The monoisotopic (exact) mass is 408 g/mol. The highest BCUT2D eigenvalue weighted by Crippen LogP contribution is 2.31. The van der Waals surface area contributed by atoms with Gasteiger partial charge in [-0.25, -0.2) is 13.2 Å². The third-order valence-electron chi connectivity index (χ3n) is 4.91. The average Bonchev–Trinajstić information content (AvgIpc) is 3.10. The molecule has 1 saturated carbocycles. The first kappa shape index (κ1) is 20.3. The molecular weight excluding hydrogens is 384 g/mol. The quantitative estimate of drug-likeness (QED) is 0.708. The SMILES string of the molecule is O=C(O)Nc1nnc(-c2ccccc2)[nH]1.O=S(=O)(C1CCC1)C1CCOCC1. The van der Waals surface area contributed by atoms with Crippen LogP contribution in [0.5, 0.6) is 0 Å². The summed E-state index contributed by atoms with van der Waals surface area (Å²) in [5, 5.41) is 17.9. The maximum atomic E-state index is 11.9. The molecule has 2 aromatic rings. The van der Waals surface area contributed by atoms with Crippen LogP contribution in [0.2, 0.25) is 0 Å². The molecule has 10 heteroatoms. The molecule has 0 radical (unpaired) electrons. The number of hydrogen-bond donors (Lipinski definition) is 3. The molecular formula is C18H24N4O5S. The molecule has 0 bridgehead atoms. The first-order valence-corrected chi connectivity index (χ1v) is 10.9. The van der Waals surface area contributed by atoms with Crippen LogP contribution in [0.4, 0.5) is 10.7 Å². The summed E-state index contributed by atoms with van der Waals surface area (Å²) in [6.45, 7) is 1.24. The Hall–Kier alpha value is -2.46. The molecule has 0 unspecified atom stereocenters. The minimum absolute atomic E-state index is 0.0180. The van der Waals surface area contributed by atoms with Gasteiger partial charge in [0.25, 0.3) is 0 Å². The largest absolute Gasteiger partial charge is 0.465 e. The Morgan fingerprint density at radius 1 is 1.07 bits per heavy atom. The van der Waals surface area contributed by atoms with E-state index in [0.717, 1.165) is 24.8 Å². The van der Waals surface area contributed by atoms with Crippen molar-refractivity contribution >= 4 is 21.9 Å². The molecule has 9 nitrogen and oxygen atoms in total. The zero-order chi connectivity index (χ0) is 20.0. The second-order valence-electron chi connectivity index (χ2n) is 6.77. The number of sulfone groups is 1. The van der Waals surface area contributed by atoms with Crippen molar-refractivity contribution in [3.8, 4) is 11.4 Å². The third kappa shape index (κ3) is 5.08. The first-order chi connectivity index (χ1) is 13.5. The zero-order valence-electron chi connectivity index (χ0n) is 15.4. The number of nitrogens with one attached hydrogen (secondary N) is 2. The summed E-state index contributed by atoms with van der Waals surface area (Å²) >= 11 is 0. The number of nitrogens with zero attached hydrogens (tertiary/aromatic N) is 2. The Balaban J connectivity index is 0.000000162. The molecule has 0 atom stereocenters. The molecule has 1 aliphatic carbocycles. The number of aromatic amines is 1. The average molecular weight is 408 g/mol. The van der Waals surface area contributed by atoms with Crippen molar-refractivity contribution in [3.05, 3.63) is 30.3 Å². The zero-order valence-corrected chi connectivity index (χ0v) is 16.2. The molecule has 1 aromatic carbocycles. The fourth-order valence-electron chi connectivity index (χ4n) is 3.12. The number of rotatable bonds is 4. The number of amides is 1. The predicted octanol–water partition coefficient (Wildman–Crippen LogP) is 2.69. The molecule has 2 aliphatic rings. The van der Waals surface area contributed by atoms with Crippen molar-refractivity contribution in [2.24, 2.45) is 0 Å². The Morgan fingerprint density at radius 2 is 1.71 bits per heavy atom. The fourth-order valence-corrected chi connectivity index (χ4v) is 5.51. The van der Waals surface area contributed by atoms with Crippen molar-refractivity contribution in [3.63, 3.8) is 0 Å². The van der Waals surface area contributed by atoms with E-state index in [4.69, 9.17) is 9.84 Å². The number of H-pyrrole nitrogens is 1. The second kappa shape index (κ2) is 9.16. The van der Waals surface area contributed by atoms with Gasteiger partial charge in [0.1, 0.15) is 0 Å². The number of aromatic nitrogens is 3. The van der Waals surface area contributed by atoms with Gasteiger partial charge in [0.15, 0.2) is 15.7 Å². The summed E-state index contributed by atoms with van der Waals surface area (Å²) in [4.78, 5) is 13.1. The van der Waals surface area contributed by atoms with E-state index in [1.807, 2.05) is 30.3 Å². The molecule has 1 amide bonds. The Bertz CT molecular complexity index is 874. The fraction of sp³-hybridized carbons (Fsp3) is 0.500. The van der Waals surface area contributed by atoms with E-state index in [1.54, 1.807) is 0 Å². The van der Waals surface area contributed by atoms with Crippen LogP contribution < -0.4 is 5.32 Å². The Morgan fingerprint density at radius 3 is 2.29 bits per heavy atom. The summed E-state index contributed by atoms with van der Waals surface area (Å²) in [7, 11) is -2.81. The molecule has 1 aliphatic heterocycles. The molecule has 28 heavy (non-hydrogen) atoms. The third-order valence-corrected chi connectivity index (χ3v) is 7.71. The molecule has 4 rings (SSSR count). The highest BCUT2D eigenvalue weighted by molar-refractivity contribution is 7.92. The Labute approximate surface area is 163 Å². The summed E-state index contributed by atoms with van der Waals surface area (Å²) in [5.74, 6) is 0.640. The topological polar surface area (TPSA) is 134 Å². The molecule has 1 aromatic heterocycles. The van der Waals surface area contributed by atoms with Gasteiger partial charge in [0, 0.05) is 18.8 Å². The molecule has 1 saturated heterocycles. The van der Waals surface area contributed by atoms with Crippen LogP contribution in [0.3, 0.4) is 0 Å². The van der Waals surface area contributed by atoms with Crippen molar-refractivity contribution in [1.29, 1.82) is 0 Å². The number of hydrogen-bond acceptors (Lipinski definition) is 6. The normalized spacial score (nSPS) is 17.9. The number of carbonyl (C=O) groups is 1. The lowest BCUT2D eigenvalue weighted by atomic mass is 10.00. The van der Waals surface area contributed by atoms with E-state index in [-0.39, 0.29) is 16.4 Å². The van der Waals surface area contributed by atoms with Gasteiger partial charge in [-0.3, -0.25) is 5.32 Å². The highest BCUT2D eigenvalue weighted by atomic mass is 32.2. The molecule has 3 N–H and O–H groups in total. The van der Waals surface area contributed by atoms with Gasteiger partial charge >= 0.3 is 6.09 Å². The number of anilines is 1. The maximum Gasteiger partial charge on any atom is 0.411 e. The lowest BCUT2D eigenvalue weighted by Crippen LogP contribution is -2.39. The molecule has 0 spiro atoms. The van der Waals surface area contributed by atoms with Crippen LogP contribution >= 0.6 is 0 Å². The van der Waals surface area contributed by atoms with Crippen molar-refractivity contribution < 1.29 is 23.1 Å². The summed E-state index contributed by atoms with van der Waals surface area (Å²) in [6.07, 6.45) is 3.11. The van der Waals surface area contributed by atoms with Gasteiger partial charge in [0.05, 0.1) is 10.5 Å². The van der Waals surface area contributed by atoms with Gasteiger partial charge in [-0.1, -0.05) is 36.8 Å². The minimum Gasteiger partial charge on any atom is -0.465 e. The van der Waals surface area contributed by atoms with Crippen LogP contribution in [0.25, 0.3) is 11.4 Å². The van der Waals surface area contributed by atoms with Gasteiger partial charge in [0.2, 0.25) is 5.95 Å². The van der Waals surface area contributed by atoms with Gasteiger partial charge in [-0.15, -0.1) is 10.2 Å². The van der Waals surface area contributed by atoms with Crippen LogP contribution in [-0.2, 0) is 14.6 Å². The maximum absolute atomic E-state index is 11.9. The van der Waals surface area contributed by atoms with Gasteiger partial charge < -0.3 is 14.8 Å². The van der Waals surface area contributed by atoms with Gasteiger partial charge in [-0.05, 0) is 25.7 Å². The van der Waals surface area contributed by atoms with Crippen molar-refractivity contribution in [1.82, 2.24) is 15.2 Å². The smallest absolute Gasteiger partial charge is 0.411 e.